The number of ketones is 1. The number of hydrogen-bond acceptors (Lipinski definition) is 3. The van der Waals surface area contributed by atoms with Gasteiger partial charge < -0.3 is 4.74 Å². The van der Waals surface area contributed by atoms with Gasteiger partial charge in [-0.1, -0.05) is 61.5 Å². The van der Waals surface area contributed by atoms with Gasteiger partial charge in [-0.3, -0.25) is 9.59 Å². The minimum atomic E-state index is -0.643. The Morgan fingerprint density at radius 2 is 1.61 bits per heavy atom. The average molecular weight is 441 g/mol. The normalized spacial score (nSPS) is 15.9. The highest BCUT2D eigenvalue weighted by Gasteiger charge is 2.41. The van der Waals surface area contributed by atoms with Crippen molar-refractivity contribution in [1.82, 2.24) is 0 Å². The molecule has 0 aliphatic heterocycles. The quantitative estimate of drug-likeness (QED) is 0.343. The molecule has 0 amide bonds. The van der Waals surface area contributed by atoms with Gasteiger partial charge in [0.15, 0.2) is 0 Å². The Kier molecular flexibility index (Phi) is 7.94. The fourth-order valence-electron chi connectivity index (χ4n) is 4.80. The Morgan fingerprint density at radius 3 is 2.23 bits per heavy atom. The lowest BCUT2D eigenvalue weighted by molar-refractivity contribution is -0.158. The van der Waals surface area contributed by atoms with E-state index in [1.807, 2.05) is 38.1 Å². The lowest BCUT2D eigenvalue weighted by atomic mass is 9.75. The van der Waals surface area contributed by atoms with Gasteiger partial charge in [-0.05, 0) is 73.6 Å². The molecule has 3 nitrogen and oxygen atoms in total. The van der Waals surface area contributed by atoms with Crippen LogP contribution in [0.25, 0.3) is 11.1 Å². The van der Waals surface area contributed by atoms with Crippen molar-refractivity contribution in [3.05, 3.63) is 58.1 Å². The zero-order valence-corrected chi connectivity index (χ0v) is 19.7. The third kappa shape index (κ3) is 5.77. The van der Waals surface area contributed by atoms with E-state index in [9.17, 15) is 9.59 Å². The first-order valence-electron chi connectivity index (χ1n) is 11.4. The number of carbonyl (C=O) groups is 2. The number of rotatable bonds is 7. The van der Waals surface area contributed by atoms with Crippen LogP contribution >= 0.6 is 11.6 Å². The summed E-state index contributed by atoms with van der Waals surface area (Å²) < 4.78 is 5.41. The lowest BCUT2D eigenvalue weighted by Gasteiger charge is -2.29. The average Bonchev–Trinajstić information content (AvgIpc) is 2.98. The lowest BCUT2D eigenvalue weighted by Crippen LogP contribution is -2.35. The number of ether oxygens (including phenoxy) is 1. The summed E-state index contributed by atoms with van der Waals surface area (Å²) in [5, 5.41) is 0.717. The van der Waals surface area contributed by atoms with E-state index in [0.29, 0.717) is 13.0 Å². The first-order valence-corrected chi connectivity index (χ1v) is 11.8. The van der Waals surface area contributed by atoms with Gasteiger partial charge in [-0.25, -0.2) is 0 Å². The van der Waals surface area contributed by atoms with Gasteiger partial charge in [-0.15, -0.1) is 0 Å². The van der Waals surface area contributed by atoms with E-state index in [1.54, 1.807) is 0 Å². The van der Waals surface area contributed by atoms with E-state index in [4.69, 9.17) is 16.3 Å². The Balaban J connectivity index is 1.79. The molecule has 1 aliphatic carbocycles. The molecule has 0 unspecified atom stereocenters. The molecule has 1 aliphatic rings. The minimum absolute atomic E-state index is 0.122. The van der Waals surface area contributed by atoms with Crippen LogP contribution in [-0.4, -0.2) is 18.4 Å². The van der Waals surface area contributed by atoms with Gasteiger partial charge in [0.2, 0.25) is 0 Å². The highest BCUT2D eigenvalue weighted by Crippen LogP contribution is 2.40. The second-order valence-electron chi connectivity index (χ2n) is 8.91. The highest BCUT2D eigenvalue weighted by atomic mass is 35.5. The van der Waals surface area contributed by atoms with Gasteiger partial charge >= 0.3 is 5.97 Å². The van der Waals surface area contributed by atoms with Crippen molar-refractivity contribution in [1.29, 1.82) is 0 Å². The summed E-state index contributed by atoms with van der Waals surface area (Å²) in [6.07, 6.45) is 6.37. The second-order valence-corrected chi connectivity index (χ2v) is 9.34. The van der Waals surface area contributed by atoms with E-state index < -0.39 is 5.41 Å². The Labute approximate surface area is 191 Å². The Morgan fingerprint density at radius 1 is 0.968 bits per heavy atom. The third-order valence-corrected chi connectivity index (χ3v) is 6.78. The number of hydrogen-bond donors (Lipinski definition) is 0. The monoisotopic (exact) mass is 440 g/mol. The molecule has 0 atom stereocenters. The zero-order chi connectivity index (χ0) is 22.4. The molecular formula is C27H33ClO3. The topological polar surface area (TPSA) is 43.4 Å². The predicted octanol–water partition coefficient (Wildman–Crippen LogP) is 7.03. The predicted molar refractivity (Wildman–Crippen MR) is 126 cm³/mol. The third-order valence-electron chi connectivity index (χ3n) is 6.53. The van der Waals surface area contributed by atoms with Gasteiger partial charge in [0.25, 0.3) is 0 Å². The number of benzene rings is 2. The molecule has 2 aromatic carbocycles. The molecule has 0 aromatic heterocycles. The van der Waals surface area contributed by atoms with Gasteiger partial charge in [-0.2, -0.15) is 0 Å². The van der Waals surface area contributed by atoms with Crippen molar-refractivity contribution < 1.29 is 14.3 Å². The van der Waals surface area contributed by atoms with Gasteiger partial charge in [0.1, 0.15) is 5.78 Å². The number of esters is 1. The first kappa shape index (κ1) is 23.5. The van der Waals surface area contributed by atoms with Crippen LogP contribution in [0.5, 0.6) is 0 Å². The molecule has 0 saturated heterocycles. The maximum atomic E-state index is 13.1. The molecule has 0 bridgehead atoms. The molecular weight excluding hydrogens is 408 g/mol. The SMILES string of the molecule is CCOC(=O)C1(CC(=O)Cc2cc(C)c(-c3ccc(Cl)cc3)cc2C)CCCCCC1. The fourth-order valence-corrected chi connectivity index (χ4v) is 4.93. The van der Waals surface area contributed by atoms with Crippen molar-refractivity contribution in [2.75, 3.05) is 6.61 Å². The largest absolute Gasteiger partial charge is 0.466 e. The van der Waals surface area contributed by atoms with Crippen molar-refractivity contribution in [2.24, 2.45) is 5.41 Å². The summed E-state index contributed by atoms with van der Waals surface area (Å²) in [6.45, 7) is 6.31. The smallest absolute Gasteiger partial charge is 0.312 e. The van der Waals surface area contributed by atoms with Crippen molar-refractivity contribution in [3.8, 4) is 11.1 Å². The summed E-state index contributed by atoms with van der Waals surface area (Å²) in [4.78, 5) is 26.0. The number of Topliss-reactive ketones (excluding diaryl/α,β-unsaturated/α-hetero) is 1. The first-order chi connectivity index (χ1) is 14.8. The highest BCUT2D eigenvalue weighted by molar-refractivity contribution is 6.30. The van der Waals surface area contributed by atoms with E-state index in [1.165, 1.54) is 0 Å². The van der Waals surface area contributed by atoms with Gasteiger partial charge in [0, 0.05) is 17.9 Å². The summed E-state index contributed by atoms with van der Waals surface area (Å²) >= 11 is 6.03. The van der Waals surface area contributed by atoms with Crippen LogP contribution < -0.4 is 0 Å². The van der Waals surface area contributed by atoms with Crippen molar-refractivity contribution in [2.45, 2.75) is 72.1 Å². The maximum Gasteiger partial charge on any atom is 0.312 e. The van der Waals surface area contributed by atoms with E-state index in [0.717, 1.165) is 71.4 Å². The second kappa shape index (κ2) is 10.5. The Bertz CT molecular complexity index is 922. The molecule has 4 heteroatoms. The number of halogens is 1. The molecule has 0 heterocycles. The summed E-state index contributed by atoms with van der Waals surface area (Å²) in [6, 6.07) is 12.1. The van der Waals surface area contributed by atoms with Crippen LogP contribution in [0.2, 0.25) is 5.02 Å². The van der Waals surface area contributed by atoms with Crippen molar-refractivity contribution in [3.63, 3.8) is 0 Å². The molecule has 1 saturated carbocycles. The molecule has 166 valence electrons. The number of aryl methyl sites for hydroxylation is 2. The molecule has 0 spiro atoms. The minimum Gasteiger partial charge on any atom is -0.466 e. The van der Waals surface area contributed by atoms with E-state index >= 15 is 0 Å². The number of carbonyl (C=O) groups excluding carboxylic acids is 2. The molecule has 1 fully saturated rings. The van der Waals surface area contributed by atoms with E-state index in [2.05, 4.69) is 19.1 Å². The summed E-state index contributed by atoms with van der Waals surface area (Å²) in [5.74, 6) is -0.0621. The molecule has 31 heavy (non-hydrogen) atoms. The molecule has 0 radical (unpaired) electrons. The zero-order valence-electron chi connectivity index (χ0n) is 18.9. The van der Waals surface area contributed by atoms with Crippen LogP contribution in [0, 0.1) is 19.3 Å². The van der Waals surface area contributed by atoms with Crippen LogP contribution in [0.4, 0.5) is 0 Å². The fraction of sp³-hybridized carbons (Fsp3) is 0.481. The van der Waals surface area contributed by atoms with Crippen LogP contribution in [0.3, 0.4) is 0 Å². The van der Waals surface area contributed by atoms with E-state index in [-0.39, 0.29) is 18.2 Å². The van der Waals surface area contributed by atoms with Crippen molar-refractivity contribution >= 4 is 23.4 Å². The van der Waals surface area contributed by atoms with Crippen LogP contribution in [0.1, 0.15) is 68.6 Å². The standard InChI is InChI=1S/C27H33ClO3/c1-4-31-26(30)27(13-7-5-6-8-14-27)18-24(29)17-22-15-20(3)25(16-19(22)2)21-9-11-23(28)12-10-21/h9-12,15-16H,4-8,13-14,17-18H2,1-3H3. The summed E-state index contributed by atoms with van der Waals surface area (Å²) in [7, 11) is 0. The molecule has 3 rings (SSSR count). The van der Waals surface area contributed by atoms with Crippen LogP contribution in [-0.2, 0) is 20.7 Å². The van der Waals surface area contributed by atoms with Crippen LogP contribution in [0.15, 0.2) is 36.4 Å². The summed E-state index contributed by atoms with van der Waals surface area (Å²) in [5.41, 5.74) is 4.88. The molecule has 2 aromatic rings. The Hall–Kier alpha value is -2.13. The maximum absolute atomic E-state index is 13.1. The van der Waals surface area contributed by atoms with Gasteiger partial charge in [0.05, 0.1) is 12.0 Å². The molecule has 0 N–H and O–H groups in total.